The number of anilines is 1. The van der Waals surface area contributed by atoms with Gasteiger partial charge in [0, 0.05) is 30.0 Å². The standard InChI is InChI=1S/C18H22ClN3O3S2/c1-4-22(5-2)27(24,25)16-9-10-17(20-12-16)26-13(3)18(23)21-15-8-6-7-14(19)11-15/h6-13H,4-5H2,1-3H3,(H,21,23). The van der Waals surface area contributed by atoms with Gasteiger partial charge in [0.05, 0.1) is 10.3 Å². The predicted octanol–water partition coefficient (Wildman–Crippen LogP) is 3.88. The molecule has 0 fully saturated rings. The molecule has 1 N–H and O–H groups in total. The summed E-state index contributed by atoms with van der Waals surface area (Å²) in [5, 5.41) is 3.49. The van der Waals surface area contributed by atoms with Crippen LogP contribution in [-0.4, -0.2) is 42.0 Å². The molecule has 1 heterocycles. The first kappa shape index (κ1) is 21.7. The molecule has 0 aliphatic rings. The van der Waals surface area contributed by atoms with Crippen molar-refractivity contribution in [3.8, 4) is 0 Å². The highest BCUT2D eigenvalue weighted by atomic mass is 35.5. The lowest BCUT2D eigenvalue weighted by atomic mass is 10.3. The Morgan fingerprint density at radius 2 is 1.96 bits per heavy atom. The number of carbonyl (C=O) groups excluding carboxylic acids is 1. The van der Waals surface area contributed by atoms with Gasteiger partial charge in [0.15, 0.2) is 0 Å². The fraction of sp³-hybridized carbons (Fsp3) is 0.333. The van der Waals surface area contributed by atoms with Crippen LogP contribution in [0.25, 0.3) is 0 Å². The second-order valence-corrected chi connectivity index (χ2v) is 9.42. The fourth-order valence-electron chi connectivity index (χ4n) is 2.35. The van der Waals surface area contributed by atoms with Crippen LogP contribution in [0.1, 0.15) is 20.8 Å². The number of nitrogens with one attached hydrogen (secondary N) is 1. The van der Waals surface area contributed by atoms with E-state index < -0.39 is 15.3 Å². The summed E-state index contributed by atoms with van der Waals surface area (Å²) in [6.07, 6.45) is 1.33. The highest BCUT2D eigenvalue weighted by molar-refractivity contribution is 8.00. The fourth-order valence-corrected chi connectivity index (χ4v) is 4.73. The number of rotatable bonds is 8. The van der Waals surface area contributed by atoms with Crippen molar-refractivity contribution in [2.24, 2.45) is 0 Å². The number of sulfonamides is 1. The van der Waals surface area contributed by atoms with Crippen molar-refractivity contribution >= 4 is 45.0 Å². The van der Waals surface area contributed by atoms with Gasteiger partial charge in [0.1, 0.15) is 4.90 Å². The largest absolute Gasteiger partial charge is 0.325 e. The van der Waals surface area contributed by atoms with E-state index in [2.05, 4.69) is 10.3 Å². The van der Waals surface area contributed by atoms with Crippen LogP contribution in [0.15, 0.2) is 52.5 Å². The molecule has 2 aromatic rings. The number of benzene rings is 1. The Balaban J connectivity index is 2.04. The van der Waals surface area contributed by atoms with E-state index in [1.807, 2.05) is 0 Å². The average molecular weight is 428 g/mol. The van der Waals surface area contributed by atoms with Crippen LogP contribution in [-0.2, 0) is 14.8 Å². The van der Waals surface area contributed by atoms with Crippen LogP contribution in [0, 0.1) is 0 Å². The molecule has 0 radical (unpaired) electrons. The van der Waals surface area contributed by atoms with Gasteiger partial charge in [0.2, 0.25) is 15.9 Å². The van der Waals surface area contributed by atoms with Crippen molar-refractivity contribution in [2.45, 2.75) is 35.9 Å². The summed E-state index contributed by atoms with van der Waals surface area (Å²) < 4.78 is 26.3. The maximum absolute atomic E-state index is 12.5. The first-order valence-corrected chi connectivity index (χ1v) is 11.2. The Morgan fingerprint density at radius 1 is 1.26 bits per heavy atom. The summed E-state index contributed by atoms with van der Waals surface area (Å²) in [6.45, 7) is 6.14. The second-order valence-electron chi connectivity index (χ2n) is 5.68. The molecule has 1 aromatic heterocycles. The van der Waals surface area contributed by atoms with E-state index >= 15 is 0 Å². The molecule has 1 amide bonds. The molecule has 2 rings (SSSR count). The zero-order valence-electron chi connectivity index (χ0n) is 15.3. The molecule has 0 aliphatic carbocycles. The van der Waals surface area contributed by atoms with Crippen LogP contribution < -0.4 is 5.32 Å². The highest BCUT2D eigenvalue weighted by Gasteiger charge is 2.22. The highest BCUT2D eigenvalue weighted by Crippen LogP contribution is 2.24. The van der Waals surface area contributed by atoms with Crippen molar-refractivity contribution in [3.05, 3.63) is 47.6 Å². The van der Waals surface area contributed by atoms with Crippen LogP contribution in [0.2, 0.25) is 5.02 Å². The van der Waals surface area contributed by atoms with Gasteiger partial charge in [-0.25, -0.2) is 13.4 Å². The van der Waals surface area contributed by atoms with E-state index in [1.165, 1.54) is 28.3 Å². The maximum atomic E-state index is 12.5. The molecule has 0 saturated heterocycles. The molecule has 1 unspecified atom stereocenters. The van der Waals surface area contributed by atoms with E-state index in [0.717, 1.165) is 0 Å². The zero-order valence-corrected chi connectivity index (χ0v) is 17.7. The Hall–Kier alpha value is -1.61. The summed E-state index contributed by atoms with van der Waals surface area (Å²) in [4.78, 5) is 16.7. The molecule has 0 bridgehead atoms. The van der Waals surface area contributed by atoms with E-state index in [-0.39, 0.29) is 10.8 Å². The third kappa shape index (κ3) is 5.68. The molecule has 27 heavy (non-hydrogen) atoms. The minimum atomic E-state index is -3.54. The maximum Gasteiger partial charge on any atom is 0.244 e. The van der Waals surface area contributed by atoms with Gasteiger partial charge in [0.25, 0.3) is 0 Å². The second kappa shape index (κ2) is 9.54. The molecular weight excluding hydrogens is 406 g/mol. The molecule has 6 nitrogen and oxygen atoms in total. The van der Waals surface area contributed by atoms with Crippen molar-refractivity contribution in [1.29, 1.82) is 0 Å². The summed E-state index contributed by atoms with van der Waals surface area (Å²) >= 11 is 7.16. The van der Waals surface area contributed by atoms with Gasteiger partial charge >= 0.3 is 0 Å². The first-order valence-electron chi connectivity index (χ1n) is 8.47. The summed E-state index contributed by atoms with van der Waals surface area (Å²) in [7, 11) is -3.54. The minimum Gasteiger partial charge on any atom is -0.325 e. The number of thioether (sulfide) groups is 1. The van der Waals surface area contributed by atoms with E-state index in [9.17, 15) is 13.2 Å². The molecule has 1 aromatic carbocycles. The van der Waals surface area contributed by atoms with Gasteiger partial charge < -0.3 is 5.32 Å². The summed E-state index contributed by atoms with van der Waals surface area (Å²) in [5.74, 6) is -0.191. The lowest BCUT2D eigenvalue weighted by Gasteiger charge is -2.18. The number of amides is 1. The Morgan fingerprint density at radius 3 is 2.52 bits per heavy atom. The molecule has 1 atom stereocenters. The van der Waals surface area contributed by atoms with Crippen LogP contribution in [0.3, 0.4) is 0 Å². The van der Waals surface area contributed by atoms with Crippen molar-refractivity contribution in [1.82, 2.24) is 9.29 Å². The van der Waals surface area contributed by atoms with E-state index in [1.54, 1.807) is 51.1 Å². The quantitative estimate of drug-likeness (QED) is 0.646. The van der Waals surface area contributed by atoms with Gasteiger partial charge in [-0.05, 0) is 37.3 Å². The van der Waals surface area contributed by atoms with Gasteiger partial charge in [-0.1, -0.05) is 43.3 Å². The SMILES string of the molecule is CCN(CC)S(=O)(=O)c1ccc(SC(C)C(=O)Nc2cccc(Cl)c2)nc1. The van der Waals surface area contributed by atoms with Gasteiger partial charge in [-0.15, -0.1) is 0 Å². The third-order valence-electron chi connectivity index (χ3n) is 3.81. The Kier molecular flexibility index (Phi) is 7.67. The average Bonchev–Trinajstić information content (AvgIpc) is 2.63. The van der Waals surface area contributed by atoms with Crippen molar-refractivity contribution < 1.29 is 13.2 Å². The Bertz CT molecular complexity index is 885. The molecule has 9 heteroatoms. The molecule has 0 saturated carbocycles. The minimum absolute atomic E-state index is 0.145. The Labute approximate surface area is 169 Å². The van der Waals surface area contributed by atoms with Crippen LogP contribution >= 0.6 is 23.4 Å². The molecule has 0 aliphatic heterocycles. The summed E-state index contributed by atoms with van der Waals surface area (Å²) in [5.41, 5.74) is 0.619. The number of halogens is 1. The van der Waals surface area contributed by atoms with E-state index in [4.69, 9.17) is 11.6 Å². The molecule has 146 valence electrons. The lowest BCUT2D eigenvalue weighted by molar-refractivity contribution is -0.115. The van der Waals surface area contributed by atoms with Gasteiger partial charge in [-0.2, -0.15) is 4.31 Å². The third-order valence-corrected chi connectivity index (χ3v) is 7.13. The topological polar surface area (TPSA) is 79.4 Å². The van der Waals surface area contributed by atoms with Crippen LogP contribution in [0.4, 0.5) is 5.69 Å². The number of carbonyl (C=O) groups is 1. The molecule has 0 spiro atoms. The molecular formula is C18H22ClN3O3S2. The number of hydrogen-bond acceptors (Lipinski definition) is 5. The monoisotopic (exact) mass is 427 g/mol. The van der Waals surface area contributed by atoms with E-state index in [0.29, 0.717) is 28.8 Å². The number of nitrogens with zero attached hydrogens (tertiary/aromatic N) is 2. The van der Waals surface area contributed by atoms with Crippen molar-refractivity contribution in [2.75, 3.05) is 18.4 Å². The number of hydrogen-bond donors (Lipinski definition) is 1. The number of pyridine rings is 1. The van der Waals surface area contributed by atoms with Gasteiger partial charge in [-0.3, -0.25) is 4.79 Å². The number of aromatic nitrogens is 1. The normalized spacial score (nSPS) is 12.8. The first-order chi connectivity index (χ1) is 12.8. The summed E-state index contributed by atoms with van der Waals surface area (Å²) in [6, 6.07) is 10.0. The zero-order chi connectivity index (χ0) is 20.0. The lowest BCUT2D eigenvalue weighted by Crippen LogP contribution is -2.30. The van der Waals surface area contributed by atoms with Crippen LogP contribution in [0.5, 0.6) is 0 Å². The smallest absolute Gasteiger partial charge is 0.244 e. The van der Waals surface area contributed by atoms with Crippen molar-refractivity contribution in [3.63, 3.8) is 0 Å². The predicted molar refractivity (Wildman–Crippen MR) is 110 cm³/mol.